The summed E-state index contributed by atoms with van der Waals surface area (Å²) < 4.78 is 0. The van der Waals surface area contributed by atoms with Gasteiger partial charge in [0.15, 0.2) is 0 Å². The Morgan fingerprint density at radius 2 is 1.09 bits per heavy atom. The van der Waals surface area contributed by atoms with E-state index < -0.39 is 145 Å². The van der Waals surface area contributed by atoms with Crippen molar-refractivity contribution in [2.75, 3.05) is 6.54 Å². The van der Waals surface area contributed by atoms with Gasteiger partial charge < -0.3 is 57.9 Å². The van der Waals surface area contributed by atoms with Crippen molar-refractivity contribution in [3.8, 4) is 0 Å². The number of nitrogens with two attached hydrogens (primary N) is 1. The number of hydrogen-bond donors (Lipinski definition) is 10. The van der Waals surface area contributed by atoms with E-state index in [2.05, 4.69) is 31.9 Å². The van der Waals surface area contributed by atoms with E-state index >= 15 is 0 Å². The number of carboxylic acid groups (broad SMARTS) is 3. The average Bonchev–Trinajstić information content (AvgIpc) is 3.71. The quantitative estimate of drug-likeness (QED) is 0.0580. The van der Waals surface area contributed by atoms with Crippen LogP contribution in [-0.4, -0.2) is 134 Å². The molecular weight excluding hydrogens is 849 g/mol. The summed E-state index contributed by atoms with van der Waals surface area (Å²) >= 11 is 0. The average molecular weight is 917 g/mol. The van der Waals surface area contributed by atoms with E-state index in [1.54, 1.807) is 85.7 Å². The van der Waals surface area contributed by atoms with Gasteiger partial charge >= 0.3 is 17.9 Å². The predicted octanol–water partition coefficient (Wildman–Crippen LogP) is -0.106. The molecule has 0 unspecified atom stereocenters. The number of carbonyl (C=O) groups excluding carboxylic acids is 7. The van der Waals surface area contributed by atoms with Gasteiger partial charge in [-0.25, -0.2) is 4.79 Å². The fourth-order valence-electron chi connectivity index (χ4n) is 7.19. The molecule has 0 spiro atoms. The highest BCUT2D eigenvalue weighted by Gasteiger charge is 2.40. The molecule has 65 heavy (non-hydrogen) atoms. The molecule has 21 nitrogen and oxygen atoms in total. The number of aliphatic carboxylic acids is 3. The molecule has 1 aliphatic heterocycles. The molecule has 0 saturated carbocycles. The van der Waals surface area contributed by atoms with Crippen LogP contribution in [0.3, 0.4) is 0 Å². The third-order valence-electron chi connectivity index (χ3n) is 10.8. The van der Waals surface area contributed by atoms with Crippen LogP contribution in [0.4, 0.5) is 0 Å². The number of carboxylic acids is 3. The summed E-state index contributed by atoms with van der Waals surface area (Å²) in [6.45, 7) is 13.5. The van der Waals surface area contributed by atoms with E-state index in [0.29, 0.717) is 12.0 Å². The van der Waals surface area contributed by atoms with Gasteiger partial charge in [-0.1, -0.05) is 85.7 Å². The standard InChI is InChI=1S/C44H68N8O13/c1-22(2)19-29(47-40(60)30(20-26-13-10-9-11-14-26)48-41(61)34(23(3)4)49-37(57)27(45)21-33(55)56)39(59)46-28(16-17-32(53)54)38(58)50-35(24(5)6)42(62)51-36(25(7)8)43(63)52-18-12-15-31(52)44(64)65/h9-11,13-14,22-25,27-31,34-36H,12,15-21,45H2,1-8H3,(H,46,59)(H,47,60)(H,48,61)(H,49,57)(H,50,58)(H,51,62)(H,53,54)(H,55,56)(H,64,65)/t27-,28-,29-,30-,31-,34-,35-,36-/m0/s1. The van der Waals surface area contributed by atoms with Crippen LogP contribution < -0.4 is 37.6 Å². The van der Waals surface area contributed by atoms with Crippen molar-refractivity contribution in [1.82, 2.24) is 36.8 Å². The maximum absolute atomic E-state index is 14.1. The third-order valence-corrected chi connectivity index (χ3v) is 10.8. The molecule has 1 aliphatic rings. The second-order valence-corrected chi connectivity index (χ2v) is 17.9. The highest BCUT2D eigenvalue weighted by Crippen LogP contribution is 2.21. The van der Waals surface area contributed by atoms with Gasteiger partial charge in [0.05, 0.1) is 12.5 Å². The van der Waals surface area contributed by atoms with Gasteiger partial charge in [0.2, 0.25) is 41.4 Å². The minimum absolute atomic E-state index is 0.0182. The van der Waals surface area contributed by atoms with E-state index in [9.17, 15) is 58.2 Å². The van der Waals surface area contributed by atoms with Gasteiger partial charge in [0.25, 0.3) is 0 Å². The van der Waals surface area contributed by atoms with Gasteiger partial charge in [-0.05, 0) is 54.9 Å². The minimum Gasteiger partial charge on any atom is -0.481 e. The summed E-state index contributed by atoms with van der Waals surface area (Å²) in [5.74, 6) is -11.3. The molecule has 0 aromatic heterocycles. The molecule has 1 aromatic rings. The molecule has 1 aromatic carbocycles. The van der Waals surface area contributed by atoms with Gasteiger partial charge in [-0.3, -0.25) is 43.2 Å². The van der Waals surface area contributed by atoms with Crippen LogP contribution in [-0.2, 0) is 54.4 Å². The smallest absolute Gasteiger partial charge is 0.326 e. The summed E-state index contributed by atoms with van der Waals surface area (Å²) in [5.41, 5.74) is 6.34. The summed E-state index contributed by atoms with van der Waals surface area (Å²) in [5, 5.41) is 43.8. The van der Waals surface area contributed by atoms with Crippen LogP contribution in [0.1, 0.15) is 99.5 Å². The Balaban J connectivity index is 2.39. The van der Waals surface area contributed by atoms with Crippen LogP contribution in [0.15, 0.2) is 30.3 Å². The molecule has 1 heterocycles. The van der Waals surface area contributed by atoms with Crippen LogP contribution in [0, 0.1) is 23.7 Å². The van der Waals surface area contributed by atoms with Crippen molar-refractivity contribution in [2.45, 2.75) is 149 Å². The number of nitrogens with one attached hydrogen (secondary N) is 6. The summed E-state index contributed by atoms with van der Waals surface area (Å²) in [6.07, 6.45) is -1.03. The number of nitrogens with zero attached hydrogens (tertiary/aromatic N) is 1. The number of amides is 7. The van der Waals surface area contributed by atoms with E-state index in [1.165, 1.54) is 4.90 Å². The van der Waals surface area contributed by atoms with E-state index in [-0.39, 0.29) is 31.7 Å². The normalized spacial score (nSPS) is 16.9. The van der Waals surface area contributed by atoms with Gasteiger partial charge in [0, 0.05) is 19.4 Å². The number of benzene rings is 1. The zero-order valence-corrected chi connectivity index (χ0v) is 38.4. The molecule has 0 bridgehead atoms. The highest BCUT2D eigenvalue weighted by molar-refractivity contribution is 5.98. The molecule has 7 amide bonds. The second-order valence-electron chi connectivity index (χ2n) is 17.9. The number of carbonyl (C=O) groups is 10. The maximum atomic E-state index is 14.1. The van der Waals surface area contributed by atoms with Gasteiger partial charge in [-0.2, -0.15) is 0 Å². The Morgan fingerprint density at radius 1 is 0.615 bits per heavy atom. The molecule has 21 heteroatoms. The Morgan fingerprint density at radius 3 is 1.60 bits per heavy atom. The molecule has 2 rings (SSSR count). The largest absolute Gasteiger partial charge is 0.481 e. The lowest BCUT2D eigenvalue weighted by molar-refractivity contribution is -0.150. The van der Waals surface area contributed by atoms with Crippen LogP contribution in [0.5, 0.6) is 0 Å². The van der Waals surface area contributed by atoms with Crippen LogP contribution in [0.2, 0.25) is 0 Å². The van der Waals surface area contributed by atoms with Crippen molar-refractivity contribution < 1.29 is 63.3 Å². The molecular formula is C44H68N8O13. The molecule has 8 atom stereocenters. The zero-order valence-electron chi connectivity index (χ0n) is 38.4. The summed E-state index contributed by atoms with van der Waals surface area (Å²) in [6, 6.07) is -1.83. The predicted molar refractivity (Wildman–Crippen MR) is 235 cm³/mol. The van der Waals surface area contributed by atoms with E-state index in [4.69, 9.17) is 10.8 Å². The highest BCUT2D eigenvalue weighted by atomic mass is 16.4. The third kappa shape index (κ3) is 17.8. The minimum atomic E-state index is -1.54. The molecule has 362 valence electrons. The molecule has 0 radical (unpaired) electrons. The lowest BCUT2D eigenvalue weighted by atomic mass is 9.98. The van der Waals surface area contributed by atoms with Crippen molar-refractivity contribution in [2.24, 2.45) is 29.4 Å². The molecule has 11 N–H and O–H groups in total. The Labute approximate surface area is 379 Å². The summed E-state index contributed by atoms with van der Waals surface area (Å²) in [7, 11) is 0. The van der Waals surface area contributed by atoms with Crippen LogP contribution >= 0.6 is 0 Å². The molecule has 1 saturated heterocycles. The SMILES string of the molecule is CC(C)C[C@H](NC(=O)[C@H](Cc1ccccc1)NC(=O)[C@@H](NC(=O)[C@@H](N)CC(=O)O)C(C)C)C(=O)N[C@@H](CCC(=O)O)C(=O)N[C@H](C(=O)N[C@H](C(=O)N1CCC[C@H]1C(=O)O)C(C)C)C(C)C. The number of hydrogen-bond acceptors (Lipinski definition) is 11. The Bertz CT molecular complexity index is 1860. The van der Waals surface area contributed by atoms with Crippen molar-refractivity contribution in [1.29, 1.82) is 0 Å². The first-order valence-corrected chi connectivity index (χ1v) is 21.9. The lowest BCUT2D eigenvalue weighted by Gasteiger charge is -2.32. The first kappa shape index (κ1) is 55.0. The van der Waals surface area contributed by atoms with Crippen molar-refractivity contribution >= 4 is 59.3 Å². The molecule has 1 fully saturated rings. The zero-order chi connectivity index (χ0) is 49.3. The molecule has 0 aliphatic carbocycles. The first-order chi connectivity index (χ1) is 30.3. The maximum Gasteiger partial charge on any atom is 0.326 e. The van der Waals surface area contributed by atoms with E-state index in [1.807, 2.05) is 0 Å². The fourth-order valence-corrected chi connectivity index (χ4v) is 7.19. The number of likely N-dealkylation sites (tertiary alicyclic amines) is 1. The van der Waals surface area contributed by atoms with E-state index in [0.717, 1.165) is 0 Å². The Hall–Kier alpha value is -6.12. The summed E-state index contributed by atoms with van der Waals surface area (Å²) in [4.78, 5) is 132. The lowest BCUT2D eigenvalue weighted by Crippen LogP contribution is -2.61. The van der Waals surface area contributed by atoms with Crippen molar-refractivity contribution in [3.63, 3.8) is 0 Å². The van der Waals surface area contributed by atoms with Gasteiger partial charge in [-0.15, -0.1) is 0 Å². The first-order valence-electron chi connectivity index (χ1n) is 21.9. The van der Waals surface area contributed by atoms with Crippen molar-refractivity contribution in [3.05, 3.63) is 35.9 Å². The number of rotatable bonds is 26. The fraction of sp³-hybridized carbons (Fsp3) is 0.636. The second kappa shape index (κ2) is 26.0. The van der Waals surface area contributed by atoms with Gasteiger partial charge in [0.1, 0.15) is 42.3 Å². The van der Waals surface area contributed by atoms with Crippen LogP contribution in [0.25, 0.3) is 0 Å². The topological polar surface area (TPSA) is 333 Å². The Kier molecular flexibility index (Phi) is 22.0. The monoisotopic (exact) mass is 916 g/mol.